The zero-order valence-corrected chi connectivity index (χ0v) is 9.04. The lowest BCUT2D eigenvalue weighted by Gasteiger charge is -2.21. The van der Waals surface area contributed by atoms with E-state index in [9.17, 15) is 9.59 Å². The first-order chi connectivity index (χ1) is 8.09. The average molecular weight is 232 g/mol. The highest BCUT2D eigenvalue weighted by atomic mass is 16.4. The van der Waals surface area contributed by atoms with Crippen LogP contribution in [0.5, 0.6) is 0 Å². The van der Waals surface area contributed by atoms with Crippen molar-refractivity contribution in [2.24, 2.45) is 10.7 Å². The third kappa shape index (κ3) is 2.24. The van der Waals surface area contributed by atoms with Gasteiger partial charge in [-0.2, -0.15) is 0 Å². The van der Waals surface area contributed by atoms with E-state index in [0.29, 0.717) is 5.69 Å². The molecule has 0 fully saturated rings. The fourth-order valence-electron chi connectivity index (χ4n) is 1.87. The van der Waals surface area contributed by atoms with Crippen molar-refractivity contribution in [1.29, 1.82) is 0 Å². The van der Waals surface area contributed by atoms with Crippen molar-refractivity contribution in [3.05, 3.63) is 29.8 Å². The topological polar surface area (TPSA) is 92.8 Å². The Morgan fingerprint density at radius 3 is 2.88 bits per heavy atom. The van der Waals surface area contributed by atoms with E-state index in [4.69, 9.17) is 10.8 Å². The number of para-hydroxylation sites is 1. The molecular formula is C12H12N2O3. The predicted molar refractivity (Wildman–Crippen MR) is 62.6 cm³/mol. The van der Waals surface area contributed by atoms with E-state index in [1.165, 1.54) is 6.21 Å². The van der Waals surface area contributed by atoms with Crippen LogP contribution in [0.4, 0.5) is 5.69 Å². The number of carboxylic acids is 1. The maximum absolute atomic E-state index is 11.7. The van der Waals surface area contributed by atoms with Gasteiger partial charge in [0.05, 0.1) is 17.8 Å². The van der Waals surface area contributed by atoms with Gasteiger partial charge in [0.25, 0.3) is 0 Å². The van der Waals surface area contributed by atoms with Gasteiger partial charge < -0.3 is 10.8 Å². The van der Waals surface area contributed by atoms with Crippen molar-refractivity contribution < 1.29 is 14.7 Å². The van der Waals surface area contributed by atoms with E-state index in [0.717, 1.165) is 5.56 Å². The molecular weight excluding hydrogens is 220 g/mol. The molecule has 0 aromatic heterocycles. The maximum atomic E-state index is 11.7. The average Bonchev–Trinajstić information content (AvgIpc) is 2.32. The predicted octanol–water partition coefficient (Wildman–Crippen LogP) is 0.857. The van der Waals surface area contributed by atoms with Gasteiger partial charge in [0.1, 0.15) is 6.04 Å². The number of rotatable bonds is 3. The number of ketones is 1. The van der Waals surface area contributed by atoms with E-state index in [2.05, 4.69) is 4.99 Å². The lowest BCUT2D eigenvalue weighted by atomic mass is 9.86. The molecule has 0 saturated heterocycles. The molecule has 1 aromatic rings. The van der Waals surface area contributed by atoms with Crippen molar-refractivity contribution in [1.82, 2.24) is 0 Å². The van der Waals surface area contributed by atoms with Gasteiger partial charge in [-0.1, -0.05) is 18.2 Å². The summed E-state index contributed by atoms with van der Waals surface area (Å²) >= 11 is 0. The number of carboxylic acid groups (broad SMARTS) is 1. The van der Waals surface area contributed by atoms with E-state index in [1.807, 2.05) is 6.07 Å². The van der Waals surface area contributed by atoms with Gasteiger partial charge in [0.2, 0.25) is 0 Å². The van der Waals surface area contributed by atoms with Crippen LogP contribution in [0.15, 0.2) is 29.3 Å². The lowest BCUT2D eigenvalue weighted by molar-refractivity contribution is -0.138. The summed E-state index contributed by atoms with van der Waals surface area (Å²) in [6, 6.07) is 6.15. The Morgan fingerprint density at radius 2 is 2.18 bits per heavy atom. The van der Waals surface area contributed by atoms with Crippen LogP contribution in [0.1, 0.15) is 17.9 Å². The highest BCUT2D eigenvalue weighted by Gasteiger charge is 2.29. The Balaban J connectivity index is 2.30. The molecule has 1 heterocycles. The second-order valence-electron chi connectivity index (χ2n) is 3.95. The molecule has 2 unspecified atom stereocenters. The van der Waals surface area contributed by atoms with Crippen LogP contribution in [0, 0.1) is 0 Å². The van der Waals surface area contributed by atoms with Gasteiger partial charge in [-0.25, -0.2) is 0 Å². The van der Waals surface area contributed by atoms with Crippen LogP contribution < -0.4 is 5.73 Å². The van der Waals surface area contributed by atoms with Crippen LogP contribution in [-0.2, 0) is 9.59 Å². The molecule has 0 radical (unpaired) electrons. The van der Waals surface area contributed by atoms with Crippen molar-refractivity contribution in [2.45, 2.75) is 18.4 Å². The molecule has 5 heteroatoms. The molecule has 0 saturated carbocycles. The van der Waals surface area contributed by atoms with Crippen molar-refractivity contribution in [3.63, 3.8) is 0 Å². The number of hydrogen-bond donors (Lipinski definition) is 2. The number of aliphatic imine (C=N–C) groups is 1. The first-order valence-electron chi connectivity index (χ1n) is 5.25. The molecule has 0 spiro atoms. The minimum absolute atomic E-state index is 0.0944. The van der Waals surface area contributed by atoms with E-state index < -0.39 is 17.9 Å². The minimum Gasteiger partial charge on any atom is -0.480 e. The standard InChI is InChI=1S/C12H12N2O3/c13-9(12(16)17)5-8-7-3-1-2-4-10(7)14-6-11(8)15/h1-4,6,8-9H,5,13H2,(H,16,17). The summed E-state index contributed by atoms with van der Waals surface area (Å²) < 4.78 is 0. The number of carbonyl (C=O) groups is 2. The summed E-state index contributed by atoms with van der Waals surface area (Å²) in [4.78, 5) is 26.5. The Morgan fingerprint density at radius 1 is 1.47 bits per heavy atom. The Kier molecular flexibility index (Phi) is 3.01. The lowest BCUT2D eigenvalue weighted by Crippen LogP contribution is -2.34. The summed E-state index contributed by atoms with van der Waals surface area (Å²) in [6.45, 7) is 0. The third-order valence-corrected chi connectivity index (χ3v) is 2.79. The summed E-state index contributed by atoms with van der Waals surface area (Å²) in [6.07, 6.45) is 1.33. The number of fused-ring (bicyclic) bond motifs is 1. The first-order valence-corrected chi connectivity index (χ1v) is 5.25. The summed E-state index contributed by atoms with van der Waals surface area (Å²) in [5.41, 5.74) is 6.92. The SMILES string of the molecule is NC(CC1C(=O)C=Nc2ccccc21)C(=O)O. The van der Waals surface area contributed by atoms with E-state index in [-0.39, 0.29) is 12.2 Å². The number of benzene rings is 1. The minimum atomic E-state index is -1.10. The molecule has 3 N–H and O–H groups in total. The van der Waals surface area contributed by atoms with Gasteiger partial charge >= 0.3 is 5.97 Å². The number of hydrogen-bond acceptors (Lipinski definition) is 4. The highest BCUT2D eigenvalue weighted by molar-refractivity contribution is 6.32. The molecule has 0 amide bonds. The maximum Gasteiger partial charge on any atom is 0.320 e. The third-order valence-electron chi connectivity index (χ3n) is 2.79. The van der Waals surface area contributed by atoms with Crippen molar-refractivity contribution >= 4 is 23.7 Å². The van der Waals surface area contributed by atoms with Gasteiger partial charge in [0, 0.05) is 0 Å². The zero-order valence-electron chi connectivity index (χ0n) is 9.04. The quantitative estimate of drug-likeness (QED) is 0.808. The van der Waals surface area contributed by atoms with Crippen molar-refractivity contribution in [3.8, 4) is 0 Å². The number of nitrogens with two attached hydrogens (primary N) is 1. The summed E-state index contributed by atoms with van der Waals surface area (Å²) in [5.74, 6) is -1.80. The van der Waals surface area contributed by atoms with Crippen LogP contribution >= 0.6 is 0 Å². The second-order valence-corrected chi connectivity index (χ2v) is 3.95. The number of aliphatic carboxylic acids is 1. The van der Waals surface area contributed by atoms with Crippen LogP contribution in [0.3, 0.4) is 0 Å². The smallest absolute Gasteiger partial charge is 0.320 e. The molecule has 1 aliphatic heterocycles. The van der Waals surface area contributed by atoms with E-state index in [1.54, 1.807) is 18.2 Å². The highest BCUT2D eigenvalue weighted by Crippen LogP contribution is 2.33. The zero-order chi connectivity index (χ0) is 12.4. The van der Waals surface area contributed by atoms with Crippen LogP contribution in [0.25, 0.3) is 0 Å². The molecule has 88 valence electrons. The Bertz CT molecular complexity index is 496. The Labute approximate surface area is 98.0 Å². The summed E-state index contributed by atoms with van der Waals surface area (Å²) in [7, 11) is 0. The van der Waals surface area contributed by atoms with Gasteiger partial charge in [-0.3, -0.25) is 14.6 Å². The second kappa shape index (κ2) is 4.47. The first kappa shape index (κ1) is 11.5. The molecule has 17 heavy (non-hydrogen) atoms. The fourth-order valence-corrected chi connectivity index (χ4v) is 1.87. The van der Waals surface area contributed by atoms with E-state index >= 15 is 0 Å². The number of carbonyl (C=O) groups excluding carboxylic acids is 1. The van der Waals surface area contributed by atoms with Gasteiger partial charge in [-0.05, 0) is 18.1 Å². The molecule has 2 atom stereocenters. The fraction of sp³-hybridized carbons (Fsp3) is 0.250. The molecule has 5 nitrogen and oxygen atoms in total. The molecule has 1 aliphatic rings. The molecule has 1 aromatic carbocycles. The van der Waals surface area contributed by atoms with Gasteiger partial charge in [-0.15, -0.1) is 0 Å². The Hall–Kier alpha value is -2.01. The molecule has 0 aliphatic carbocycles. The number of Topliss-reactive ketones (excluding diaryl/α,β-unsaturated/α-hetero) is 1. The molecule has 0 bridgehead atoms. The number of nitrogens with zero attached hydrogens (tertiary/aromatic N) is 1. The van der Waals surface area contributed by atoms with Gasteiger partial charge in [0.15, 0.2) is 5.78 Å². The molecule has 2 rings (SSSR count). The van der Waals surface area contributed by atoms with Crippen LogP contribution in [-0.4, -0.2) is 29.1 Å². The van der Waals surface area contributed by atoms with Crippen LogP contribution in [0.2, 0.25) is 0 Å². The monoisotopic (exact) mass is 232 g/mol. The normalized spacial score (nSPS) is 19.8. The summed E-state index contributed by atoms with van der Waals surface area (Å²) in [5, 5.41) is 8.78. The van der Waals surface area contributed by atoms with Crippen molar-refractivity contribution in [2.75, 3.05) is 0 Å². The largest absolute Gasteiger partial charge is 0.480 e.